The van der Waals surface area contributed by atoms with Crippen molar-refractivity contribution in [2.45, 2.75) is 38.2 Å². The van der Waals surface area contributed by atoms with Gasteiger partial charge in [0.2, 0.25) is 0 Å². The van der Waals surface area contributed by atoms with Crippen LogP contribution in [0.2, 0.25) is 0 Å². The number of nitrogens with one attached hydrogen (secondary N) is 1. The first kappa shape index (κ1) is 27.4. The van der Waals surface area contributed by atoms with E-state index < -0.39 is 22.0 Å². The van der Waals surface area contributed by atoms with E-state index in [1.54, 1.807) is 43.3 Å². The number of amidine groups is 1. The van der Waals surface area contributed by atoms with Crippen LogP contribution in [-0.2, 0) is 21.2 Å². The quantitative estimate of drug-likeness (QED) is 0.467. The summed E-state index contributed by atoms with van der Waals surface area (Å²) < 4.78 is 35.9. The number of para-hydroxylation sites is 2. The zero-order valence-corrected chi connectivity index (χ0v) is 23.5. The molecule has 2 amide bonds. The third-order valence-electron chi connectivity index (χ3n) is 6.83. The van der Waals surface area contributed by atoms with Crippen LogP contribution in [0.15, 0.2) is 82.1 Å². The number of fused-ring (bicyclic) bond motifs is 2. The smallest absolute Gasteiger partial charge is 0.286 e. The van der Waals surface area contributed by atoms with Gasteiger partial charge in [-0.15, -0.1) is 4.40 Å². The number of hydrogen-bond acceptors (Lipinski definition) is 6. The molecule has 0 radical (unpaired) electrons. The minimum absolute atomic E-state index is 0.0126. The molecule has 0 bridgehead atoms. The van der Waals surface area contributed by atoms with E-state index in [1.165, 1.54) is 11.0 Å². The number of benzene rings is 3. The summed E-state index contributed by atoms with van der Waals surface area (Å²) >= 11 is 0. The highest BCUT2D eigenvalue weighted by Crippen LogP contribution is 2.36. The largest absolute Gasteiger partial charge is 0.477 e. The van der Waals surface area contributed by atoms with Gasteiger partial charge < -0.3 is 19.9 Å². The summed E-state index contributed by atoms with van der Waals surface area (Å²) in [5, 5.41) is 2.91. The van der Waals surface area contributed by atoms with Crippen molar-refractivity contribution in [3.63, 3.8) is 0 Å². The number of sulfonamides is 1. The lowest BCUT2D eigenvalue weighted by Gasteiger charge is -2.34. The first-order chi connectivity index (χ1) is 19.1. The maximum atomic E-state index is 13.8. The fourth-order valence-electron chi connectivity index (χ4n) is 4.93. The Labute approximate surface area is 234 Å². The van der Waals surface area contributed by atoms with Crippen LogP contribution in [0.1, 0.15) is 36.7 Å². The molecule has 208 valence electrons. The topological polar surface area (TPSA) is 108 Å². The van der Waals surface area contributed by atoms with Gasteiger partial charge in [-0.1, -0.05) is 56.3 Å². The van der Waals surface area contributed by atoms with E-state index in [1.807, 2.05) is 49.1 Å². The van der Waals surface area contributed by atoms with Crippen molar-refractivity contribution in [2.24, 2.45) is 10.3 Å². The van der Waals surface area contributed by atoms with Gasteiger partial charge in [-0.25, -0.2) is 0 Å². The van der Waals surface area contributed by atoms with Crippen LogP contribution in [0.4, 0.5) is 11.4 Å². The third-order valence-corrected chi connectivity index (χ3v) is 8.22. The second kappa shape index (κ2) is 11.1. The summed E-state index contributed by atoms with van der Waals surface area (Å²) in [6.45, 7) is 6.73. The number of ether oxygens (including phenoxy) is 1. The Morgan fingerprint density at radius 3 is 2.50 bits per heavy atom. The van der Waals surface area contributed by atoms with Crippen LogP contribution in [0.3, 0.4) is 0 Å². The molecular formula is C30H32N4O5S. The molecule has 2 aliphatic rings. The molecule has 2 heterocycles. The van der Waals surface area contributed by atoms with E-state index in [0.717, 1.165) is 5.56 Å². The lowest BCUT2D eigenvalue weighted by atomic mass is 10.1. The molecule has 3 aromatic rings. The average Bonchev–Trinajstić information content (AvgIpc) is 2.94. The monoisotopic (exact) mass is 560 g/mol. The van der Waals surface area contributed by atoms with E-state index in [9.17, 15) is 18.0 Å². The highest BCUT2D eigenvalue weighted by molar-refractivity contribution is 7.90. The van der Waals surface area contributed by atoms with E-state index in [4.69, 9.17) is 4.74 Å². The van der Waals surface area contributed by atoms with Crippen molar-refractivity contribution in [3.8, 4) is 5.75 Å². The normalized spacial score (nSPS) is 17.4. The van der Waals surface area contributed by atoms with Crippen molar-refractivity contribution >= 4 is 39.0 Å². The van der Waals surface area contributed by atoms with Crippen molar-refractivity contribution in [2.75, 3.05) is 29.4 Å². The van der Waals surface area contributed by atoms with Gasteiger partial charge in [0.1, 0.15) is 16.5 Å². The first-order valence-electron chi connectivity index (χ1n) is 13.3. The predicted octanol–water partition coefficient (Wildman–Crippen LogP) is 4.04. The zero-order valence-electron chi connectivity index (χ0n) is 22.7. The number of carbonyl (C=O) groups excluding carboxylic acids is 2. The SMILES string of the molecule is CC1=NS(=O)(=O)c2cc(C(=O)N3C[C@H](C(=O)NCCc4ccccc4)Oc4ccccc43)ccc2N1CC(C)C. The molecule has 0 saturated carbocycles. The van der Waals surface area contributed by atoms with Gasteiger partial charge in [-0.3, -0.25) is 9.59 Å². The zero-order chi connectivity index (χ0) is 28.4. The number of hydrogen-bond donors (Lipinski definition) is 1. The second-order valence-corrected chi connectivity index (χ2v) is 11.9. The number of nitrogens with zero attached hydrogens (tertiary/aromatic N) is 3. The fourth-order valence-corrected chi connectivity index (χ4v) is 6.19. The number of anilines is 2. The van der Waals surface area contributed by atoms with Crippen molar-refractivity contribution < 1.29 is 22.7 Å². The number of carbonyl (C=O) groups is 2. The molecule has 0 spiro atoms. The molecule has 2 aliphatic heterocycles. The van der Waals surface area contributed by atoms with Gasteiger partial charge in [-0.2, -0.15) is 8.42 Å². The summed E-state index contributed by atoms with van der Waals surface area (Å²) in [6, 6.07) is 21.5. The van der Waals surface area contributed by atoms with Crippen LogP contribution >= 0.6 is 0 Å². The number of amides is 2. The molecule has 0 aliphatic carbocycles. The summed E-state index contributed by atoms with van der Waals surface area (Å²) in [6.07, 6.45) is -0.262. The molecular weight excluding hydrogens is 528 g/mol. The van der Waals surface area contributed by atoms with Crippen molar-refractivity contribution in [3.05, 3.63) is 83.9 Å². The van der Waals surface area contributed by atoms with Crippen molar-refractivity contribution in [1.29, 1.82) is 0 Å². The molecule has 3 aromatic carbocycles. The molecule has 1 N–H and O–H groups in total. The molecule has 5 rings (SSSR count). The van der Waals surface area contributed by atoms with Gasteiger partial charge in [0.25, 0.3) is 21.8 Å². The molecule has 0 saturated heterocycles. The first-order valence-corrected chi connectivity index (χ1v) is 14.7. The summed E-state index contributed by atoms with van der Waals surface area (Å²) in [4.78, 5) is 30.2. The van der Waals surface area contributed by atoms with Crippen LogP contribution in [0.25, 0.3) is 0 Å². The van der Waals surface area contributed by atoms with Gasteiger partial charge in [0, 0.05) is 18.7 Å². The Kier molecular flexibility index (Phi) is 7.62. The summed E-state index contributed by atoms with van der Waals surface area (Å²) in [5.74, 6) is 0.298. The van der Waals surface area contributed by atoms with E-state index in [0.29, 0.717) is 42.5 Å². The van der Waals surface area contributed by atoms with Gasteiger partial charge in [0.05, 0.1) is 17.9 Å². The lowest BCUT2D eigenvalue weighted by molar-refractivity contribution is -0.127. The minimum atomic E-state index is -3.98. The number of rotatable bonds is 7. The third kappa shape index (κ3) is 5.58. The van der Waals surface area contributed by atoms with Crippen LogP contribution < -0.4 is 19.9 Å². The highest BCUT2D eigenvalue weighted by Gasteiger charge is 2.36. The van der Waals surface area contributed by atoms with Gasteiger partial charge in [0.15, 0.2) is 6.10 Å². The van der Waals surface area contributed by atoms with Gasteiger partial charge >= 0.3 is 0 Å². The fraction of sp³-hybridized carbons (Fsp3) is 0.300. The lowest BCUT2D eigenvalue weighted by Crippen LogP contribution is -2.51. The average molecular weight is 561 g/mol. The van der Waals surface area contributed by atoms with Crippen LogP contribution in [-0.4, -0.2) is 51.8 Å². The second-order valence-electron chi connectivity index (χ2n) is 10.3. The Bertz CT molecular complexity index is 1570. The molecule has 0 fully saturated rings. The van der Waals surface area contributed by atoms with Crippen molar-refractivity contribution in [1.82, 2.24) is 5.32 Å². The molecule has 1 atom stereocenters. The van der Waals surface area contributed by atoms with E-state index >= 15 is 0 Å². The van der Waals surface area contributed by atoms with Crippen LogP contribution in [0.5, 0.6) is 5.75 Å². The molecule has 0 unspecified atom stereocenters. The molecule has 40 heavy (non-hydrogen) atoms. The minimum Gasteiger partial charge on any atom is -0.477 e. The van der Waals surface area contributed by atoms with E-state index in [-0.39, 0.29) is 28.8 Å². The highest BCUT2D eigenvalue weighted by atomic mass is 32.2. The molecule has 9 nitrogen and oxygen atoms in total. The maximum Gasteiger partial charge on any atom is 0.286 e. The molecule has 0 aromatic heterocycles. The summed E-state index contributed by atoms with van der Waals surface area (Å²) in [7, 11) is -3.98. The Morgan fingerprint density at radius 1 is 1.02 bits per heavy atom. The molecule has 10 heteroatoms. The van der Waals surface area contributed by atoms with E-state index in [2.05, 4.69) is 9.71 Å². The maximum absolute atomic E-state index is 13.8. The Balaban J connectivity index is 1.40. The Hall–Kier alpha value is -4.18. The van der Waals surface area contributed by atoms with Gasteiger partial charge in [-0.05, 0) is 55.2 Å². The van der Waals surface area contributed by atoms with Crippen LogP contribution in [0, 0.1) is 5.92 Å². The predicted molar refractivity (Wildman–Crippen MR) is 155 cm³/mol. The standard InChI is InChI=1S/C30H32N4O5S/c1-20(2)18-33-21(3)32-40(37,38)28-17-23(13-14-25(28)33)30(36)34-19-27(39-26-12-8-7-11-24(26)34)29(35)31-16-15-22-9-5-4-6-10-22/h4-14,17,20,27H,15-16,18-19H2,1-3H3,(H,31,35)/t27-/m1/s1. The summed E-state index contributed by atoms with van der Waals surface area (Å²) in [5.41, 5.74) is 2.29. The Morgan fingerprint density at radius 2 is 1.75 bits per heavy atom.